The van der Waals surface area contributed by atoms with E-state index < -0.39 is 0 Å². The van der Waals surface area contributed by atoms with E-state index in [2.05, 4.69) is 85.3 Å². The summed E-state index contributed by atoms with van der Waals surface area (Å²) in [7, 11) is 0. The molecule has 112 valence electrons. The van der Waals surface area contributed by atoms with Gasteiger partial charge in [0.1, 0.15) is 0 Å². The van der Waals surface area contributed by atoms with Crippen LogP contribution in [0.5, 0.6) is 0 Å². The molecule has 0 bridgehead atoms. The third-order valence-corrected chi connectivity index (χ3v) is 4.73. The maximum Gasteiger partial charge on any atom is 0.0590 e. The minimum absolute atomic E-state index is 0.236. The van der Waals surface area contributed by atoms with Gasteiger partial charge in [-0.05, 0) is 67.6 Å². The second-order valence-corrected chi connectivity index (χ2v) is 6.56. The number of hydrogen-bond acceptors (Lipinski definition) is 1. The highest BCUT2D eigenvalue weighted by Crippen LogP contribution is 2.31. The smallest absolute Gasteiger partial charge is 0.0590 e. The van der Waals surface area contributed by atoms with Crippen LogP contribution < -0.4 is 5.32 Å². The van der Waals surface area contributed by atoms with Crippen LogP contribution in [-0.4, -0.2) is 6.54 Å². The Morgan fingerprint density at radius 2 is 1.62 bits per heavy atom. The predicted octanol–water partition coefficient (Wildman–Crippen LogP) is 5.46. The molecule has 0 aliphatic heterocycles. The summed E-state index contributed by atoms with van der Waals surface area (Å²) >= 11 is 3.70. The number of nitrogens with one attached hydrogen (secondary N) is 1. The molecule has 2 rings (SSSR count). The zero-order valence-electron chi connectivity index (χ0n) is 13.3. The first kappa shape index (κ1) is 16.3. The normalized spacial score (nSPS) is 12.4. The summed E-state index contributed by atoms with van der Waals surface area (Å²) in [6.07, 6.45) is 1.13. The molecule has 0 radical (unpaired) electrons. The van der Waals surface area contributed by atoms with Crippen LogP contribution in [0.2, 0.25) is 0 Å². The molecule has 0 heterocycles. The number of rotatable bonds is 5. The van der Waals surface area contributed by atoms with Gasteiger partial charge in [-0.3, -0.25) is 0 Å². The van der Waals surface area contributed by atoms with Crippen molar-refractivity contribution in [3.05, 3.63) is 68.7 Å². The second kappa shape index (κ2) is 7.24. The van der Waals surface area contributed by atoms with E-state index in [4.69, 9.17) is 0 Å². The topological polar surface area (TPSA) is 12.0 Å². The zero-order valence-corrected chi connectivity index (χ0v) is 14.9. The van der Waals surface area contributed by atoms with Gasteiger partial charge in [-0.1, -0.05) is 53.2 Å². The zero-order chi connectivity index (χ0) is 15.4. The van der Waals surface area contributed by atoms with Crippen LogP contribution in [0.15, 0.2) is 40.9 Å². The van der Waals surface area contributed by atoms with Crippen molar-refractivity contribution in [2.75, 3.05) is 6.54 Å². The molecule has 0 fully saturated rings. The van der Waals surface area contributed by atoms with E-state index in [1.54, 1.807) is 0 Å². The summed E-state index contributed by atoms with van der Waals surface area (Å²) < 4.78 is 1.16. The Kier molecular flexibility index (Phi) is 5.60. The highest BCUT2D eigenvalue weighted by molar-refractivity contribution is 9.10. The molecule has 1 unspecified atom stereocenters. The van der Waals surface area contributed by atoms with E-state index in [-0.39, 0.29) is 6.04 Å². The largest absolute Gasteiger partial charge is 0.306 e. The molecule has 2 aromatic rings. The van der Waals surface area contributed by atoms with Gasteiger partial charge in [0.15, 0.2) is 0 Å². The lowest BCUT2D eigenvalue weighted by molar-refractivity contribution is 0.594. The van der Waals surface area contributed by atoms with Gasteiger partial charge in [0.25, 0.3) is 0 Å². The summed E-state index contributed by atoms with van der Waals surface area (Å²) in [4.78, 5) is 0. The molecule has 1 N–H and O–H groups in total. The molecular formula is C19H24BrN. The van der Waals surface area contributed by atoms with Crippen molar-refractivity contribution in [2.45, 2.75) is 40.2 Å². The predicted molar refractivity (Wildman–Crippen MR) is 94.9 cm³/mol. The molecule has 21 heavy (non-hydrogen) atoms. The van der Waals surface area contributed by atoms with Crippen LogP contribution in [0.4, 0.5) is 0 Å². The standard InChI is InChI=1S/C19H24BrN/c1-5-10-21-19(16-8-6-7-9-18(16)20)17-12-14(3)13(2)11-15(17)4/h6-9,11-12,19,21H,5,10H2,1-4H3. The van der Waals surface area contributed by atoms with Crippen LogP contribution in [0.1, 0.15) is 47.2 Å². The first-order valence-electron chi connectivity index (χ1n) is 7.60. The Bertz CT molecular complexity index is 619. The quantitative estimate of drug-likeness (QED) is 0.758. The molecular weight excluding hydrogens is 322 g/mol. The SMILES string of the molecule is CCCNC(c1cc(C)c(C)cc1C)c1ccccc1Br. The lowest BCUT2D eigenvalue weighted by Crippen LogP contribution is -2.24. The van der Waals surface area contributed by atoms with Crippen molar-refractivity contribution in [3.8, 4) is 0 Å². The van der Waals surface area contributed by atoms with Gasteiger partial charge in [0.2, 0.25) is 0 Å². The van der Waals surface area contributed by atoms with Gasteiger partial charge in [-0.2, -0.15) is 0 Å². The Morgan fingerprint density at radius 1 is 0.952 bits per heavy atom. The molecule has 0 saturated heterocycles. The summed E-state index contributed by atoms with van der Waals surface area (Å²) in [6, 6.07) is 13.4. The van der Waals surface area contributed by atoms with E-state index in [0.29, 0.717) is 0 Å². The summed E-state index contributed by atoms with van der Waals surface area (Å²) in [5.74, 6) is 0. The average Bonchev–Trinajstić information content (AvgIpc) is 2.46. The molecule has 0 saturated carbocycles. The van der Waals surface area contributed by atoms with Gasteiger partial charge in [0, 0.05) is 4.47 Å². The van der Waals surface area contributed by atoms with Crippen LogP contribution in [0.25, 0.3) is 0 Å². The summed E-state index contributed by atoms with van der Waals surface area (Å²) in [5, 5.41) is 3.70. The summed E-state index contributed by atoms with van der Waals surface area (Å²) in [5.41, 5.74) is 6.74. The van der Waals surface area contributed by atoms with E-state index in [1.807, 2.05) is 0 Å². The minimum Gasteiger partial charge on any atom is -0.306 e. The Labute approximate surface area is 136 Å². The van der Waals surface area contributed by atoms with E-state index in [0.717, 1.165) is 17.4 Å². The molecule has 0 aromatic heterocycles. The van der Waals surface area contributed by atoms with Gasteiger partial charge in [-0.25, -0.2) is 0 Å². The van der Waals surface area contributed by atoms with Crippen molar-refractivity contribution in [1.82, 2.24) is 5.32 Å². The first-order chi connectivity index (χ1) is 10.0. The average molecular weight is 346 g/mol. The fourth-order valence-corrected chi connectivity index (χ4v) is 3.19. The minimum atomic E-state index is 0.236. The van der Waals surface area contributed by atoms with Crippen LogP contribution in [0.3, 0.4) is 0 Å². The molecule has 1 nitrogen and oxygen atoms in total. The van der Waals surface area contributed by atoms with E-state index >= 15 is 0 Å². The summed E-state index contributed by atoms with van der Waals surface area (Å²) in [6.45, 7) is 9.79. The Balaban J connectivity index is 2.51. The fourth-order valence-electron chi connectivity index (χ4n) is 2.68. The molecule has 2 heteroatoms. The highest BCUT2D eigenvalue weighted by Gasteiger charge is 2.18. The van der Waals surface area contributed by atoms with Gasteiger partial charge >= 0.3 is 0 Å². The monoisotopic (exact) mass is 345 g/mol. The van der Waals surface area contributed by atoms with Gasteiger partial charge in [-0.15, -0.1) is 0 Å². The second-order valence-electron chi connectivity index (χ2n) is 5.70. The maximum atomic E-state index is 3.70. The lowest BCUT2D eigenvalue weighted by Gasteiger charge is -2.24. The van der Waals surface area contributed by atoms with E-state index in [9.17, 15) is 0 Å². The molecule has 0 spiro atoms. The van der Waals surface area contributed by atoms with E-state index in [1.165, 1.54) is 27.8 Å². The maximum absolute atomic E-state index is 3.70. The lowest BCUT2D eigenvalue weighted by atomic mass is 9.91. The van der Waals surface area contributed by atoms with Gasteiger partial charge < -0.3 is 5.32 Å². The number of aryl methyl sites for hydroxylation is 3. The molecule has 2 aromatic carbocycles. The number of hydrogen-bond donors (Lipinski definition) is 1. The Morgan fingerprint density at radius 3 is 2.29 bits per heavy atom. The highest BCUT2D eigenvalue weighted by atomic mass is 79.9. The van der Waals surface area contributed by atoms with Crippen LogP contribution in [-0.2, 0) is 0 Å². The van der Waals surface area contributed by atoms with Crippen molar-refractivity contribution in [1.29, 1.82) is 0 Å². The molecule has 0 aliphatic carbocycles. The fraction of sp³-hybridized carbons (Fsp3) is 0.368. The van der Waals surface area contributed by atoms with Crippen molar-refractivity contribution >= 4 is 15.9 Å². The third kappa shape index (κ3) is 3.75. The molecule has 1 atom stereocenters. The number of benzene rings is 2. The van der Waals surface area contributed by atoms with Gasteiger partial charge in [0.05, 0.1) is 6.04 Å². The van der Waals surface area contributed by atoms with Crippen LogP contribution >= 0.6 is 15.9 Å². The molecule has 0 aliphatic rings. The number of halogens is 1. The third-order valence-electron chi connectivity index (χ3n) is 4.01. The Hall–Kier alpha value is -1.12. The van der Waals surface area contributed by atoms with Crippen LogP contribution in [0, 0.1) is 20.8 Å². The van der Waals surface area contributed by atoms with Crippen molar-refractivity contribution in [2.24, 2.45) is 0 Å². The van der Waals surface area contributed by atoms with Crippen molar-refractivity contribution in [3.63, 3.8) is 0 Å². The van der Waals surface area contributed by atoms with Crippen molar-refractivity contribution < 1.29 is 0 Å². The molecule has 0 amide bonds. The first-order valence-corrected chi connectivity index (χ1v) is 8.39.